The number of carboxylic acids is 1. The van der Waals surface area contributed by atoms with Crippen LogP contribution < -0.4 is 4.74 Å². The van der Waals surface area contributed by atoms with Crippen LogP contribution in [-0.4, -0.2) is 17.2 Å². The van der Waals surface area contributed by atoms with E-state index in [0.717, 1.165) is 29.7 Å². The summed E-state index contributed by atoms with van der Waals surface area (Å²) in [5, 5.41) is 8.86. The molecule has 1 aliphatic rings. The molecule has 0 bridgehead atoms. The zero-order valence-corrected chi connectivity index (χ0v) is 10.4. The zero-order valence-electron chi connectivity index (χ0n) is 10.4. The second-order valence-corrected chi connectivity index (χ2v) is 4.72. The van der Waals surface area contributed by atoms with Crippen molar-refractivity contribution in [3.8, 4) is 16.9 Å². The number of carboxylic acid groups (broad SMARTS) is 1. The van der Waals surface area contributed by atoms with Crippen LogP contribution in [0.1, 0.15) is 23.2 Å². The lowest BCUT2D eigenvalue weighted by atomic mass is 10.0. The van der Waals surface area contributed by atoms with Crippen molar-refractivity contribution < 1.29 is 14.6 Å². The molecule has 1 N–H and O–H groups in total. The average molecular weight is 254 g/mol. The molecule has 0 aromatic heterocycles. The molecule has 19 heavy (non-hydrogen) atoms. The van der Waals surface area contributed by atoms with Crippen molar-refractivity contribution >= 4 is 5.97 Å². The Bertz CT molecular complexity index is 580. The number of hydrogen-bond acceptors (Lipinski definition) is 2. The maximum absolute atomic E-state index is 10.8. The molecule has 1 fully saturated rings. The first kappa shape index (κ1) is 11.8. The highest BCUT2D eigenvalue weighted by atomic mass is 16.5. The Kier molecular flexibility index (Phi) is 2.95. The van der Waals surface area contributed by atoms with E-state index in [-0.39, 0.29) is 0 Å². The van der Waals surface area contributed by atoms with Gasteiger partial charge in [0.15, 0.2) is 0 Å². The molecule has 2 aromatic rings. The zero-order chi connectivity index (χ0) is 13.2. The van der Waals surface area contributed by atoms with Gasteiger partial charge >= 0.3 is 5.97 Å². The average Bonchev–Trinajstić information content (AvgIpc) is 3.24. The molecule has 0 atom stereocenters. The Hall–Kier alpha value is -2.29. The number of aromatic carboxylic acids is 1. The van der Waals surface area contributed by atoms with E-state index in [9.17, 15) is 4.79 Å². The van der Waals surface area contributed by atoms with Gasteiger partial charge in [0.2, 0.25) is 0 Å². The summed E-state index contributed by atoms with van der Waals surface area (Å²) in [5.74, 6) is -0.00635. The fourth-order valence-electron chi connectivity index (χ4n) is 1.91. The third-order valence-corrected chi connectivity index (χ3v) is 3.15. The first-order valence-corrected chi connectivity index (χ1v) is 6.33. The third-order valence-electron chi connectivity index (χ3n) is 3.15. The van der Waals surface area contributed by atoms with Gasteiger partial charge in [0, 0.05) is 0 Å². The highest BCUT2D eigenvalue weighted by molar-refractivity contribution is 5.88. The van der Waals surface area contributed by atoms with Gasteiger partial charge in [-0.05, 0) is 48.2 Å². The van der Waals surface area contributed by atoms with Crippen molar-refractivity contribution in [3.05, 3.63) is 54.1 Å². The van der Waals surface area contributed by atoms with E-state index in [4.69, 9.17) is 9.84 Å². The fraction of sp³-hybridized carbons (Fsp3) is 0.188. The minimum Gasteiger partial charge on any atom is -0.490 e. The van der Waals surface area contributed by atoms with Gasteiger partial charge in [-0.2, -0.15) is 0 Å². The molecule has 2 aromatic carbocycles. The topological polar surface area (TPSA) is 46.5 Å². The maximum Gasteiger partial charge on any atom is 0.335 e. The highest BCUT2D eigenvalue weighted by Crippen LogP contribution is 2.28. The number of benzene rings is 2. The van der Waals surface area contributed by atoms with E-state index >= 15 is 0 Å². The van der Waals surface area contributed by atoms with Gasteiger partial charge in [0.1, 0.15) is 5.75 Å². The molecule has 1 aliphatic carbocycles. The van der Waals surface area contributed by atoms with Crippen LogP contribution in [0.3, 0.4) is 0 Å². The Labute approximate surface area is 111 Å². The number of ether oxygens (including phenoxy) is 1. The predicted octanol–water partition coefficient (Wildman–Crippen LogP) is 3.59. The van der Waals surface area contributed by atoms with E-state index in [1.165, 1.54) is 0 Å². The Balaban J connectivity index is 1.78. The van der Waals surface area contributed by atoms with E-state index in [2.05, 4.69) is 0 Å². The quantitative estimate of drug-likeness (QED) is 0.906. The molecule has 1 saturated carbocycles. The van der Waals surface area contributed by atoms with Crippen molar-refractivity contribution in [2.75, 3.05) is 0 Å². The molecular formula is C16H14O3. The Morgan fingerprint density at radius 1 is 0.947 bits per heavy atom. The Morgan fingerprint density at radius 2 is 1.47 bits per heavy atom. The van der Waals surface area contributed by atoms with Crippen LogP contribution in [-0.2, 0) is 0 Å². The second-order valence-electron chi connectivity index (χ2n) is 4.72. The van der Waals surface area contributed by atoms with Crippen molar-refractivity contribution in [2.45, 2.75) is 18.9 Å². The lowest BCUT2D eigenvalue weighted by molar-refractivity contribution is 0.0697. The van der Waals surface area contributed by atoms with Crippen LogP contribution in [0.5, 0.6) is 5.75 Å². The molecule has 3 heteroatoms. The minimum atomic E-state index is -0.903. The minimum absolute atomic E-state index is 0.303. The molecule has 0 radical (unpaired) electrons. The van der Waals surface area contributed by atoms with E-state index < -0.39 is 5.97 Å². The van der Waals surface area contributed by atoms with Crippen LogP contribution in [0.4, 0.5) is 0 Å². The first-order chi connectivity index (χ1) is 9.22. The third kappa shape index (κ3) is 2.76. The summed E-state index contributed by atoms with van der Waals surface area (Å²) in [6, 6.07) is 14.8. The van der Waals surface area contributed by atoms with Crippen molar-refractivity contribution in [1.29, 1.82) is 0 Å². The van der Waals surface area contributed by atoms with Crippen molar-refractivity contribution in [1.82, 2.24) is 0 Å². The maximum atomic E-state index is 10.8. The largest absolute Gasteiger partial charge is 0.490 e. The number of hydrogen-bond donors (Lipinski definition) is 1. The second kappa shape index (κ2) is 4.76. The molecule has 96 valence electrons. The van der Waals surface area contributed by atoms with Crippen LogP contribution in [0.2, 0.25) is 0 Å². The smallest absolute Gasteiger partial charge is 0.335 e. The van der Waals surface area contributed by atoms with Crippen LogP contribution in [0, 0.1) is 0 Å². The molecule has 0 amide bonds. The summed E-state index contributed by atoms with van der Waals surface area (Å²) < 4.78 is 5.69. The van der Waals surface area contributed by atoms with E-state index in [1.54, 1.807) is 12.1 Å². The lowest BCUT2D eigenvalue weighted by Crippen LogP contribution is -1.96. The van der Waals surface area contributed by atoms with Gasteiger partial charge in [-0.15, -0.1) is 0 Å². The van der Waals surface area contributed by atoms with Crippen LogP contribution in [0.15, 0.2) is 48.5 Å². The first-order valence-electron chi connectivity index (χ1n) is 6.33. The molecule has 0 aliphatic heterocycles. The van der Waals surface area contributed by atoms with Gasteiger partial charge in [-0.25, -0.2) is 4.79 Å². The van der Waals surface area contributed by atoms with E-state index in [0.29, 0.717) is 11.7 Å². The molecule has 3 rings (SSSR count). The SMILES string of the molecule is O=C(O)c1ccc(-c2ccc(OC3CC3)cc2)cc1. The molecule has 0 saturated heterocycles. The number of carbonyl (C=O) groups is 1. The van der Waals surface area contributed by atoms with Crippen LogP contribution in [0.25, 0.3) is 11.1 Å². The van der Waals surface area contributed by atoms with E-state index in [1.807, 2.05) is 36.4 Å². The fourth-order valence-corrected chi connectivity index (χ4v) is 1.91. The molecular weight excluding hydrogens is 240 g/mol. The van der Waals surface area contributed by atoms with Gasteiger partial charge in [0.25, 0.3) is 0 Å². The van der Waals surface area contributed by atoms with Gasteiger partial charge in [-0.3, -0.25) is 0 Å². The summed E-state index contributed by atoms with van der Waals surface area (Å²) in [6.07, 6.45) is 2.71. The monoisotopic (exact) mass is 254 g/mol. The lowest BCUT2D eigenvalue weighted by Gasteiger charge is -2.06. The normalized spacial score (nSPS) is 14.1. The number of rotatable bonds is 4. The highest BCUT2D eigenvalue weighted by Gasteiger charge is 2.23. The van der Waals surface area contributed by atoms with Gasteiger partial charge < -0.3 is 9.84 Å². The molecule has 0 unspecified atom stereocenters. The van der Waals surface area contributed by atoms with Crippen LogP contribution >= 0.6 is 0 Å². The van der Waals surface area contributed by atoms with Crippen molar-refractivity contribution in [2.24, 2.45) is 0 Å². The predicted molar refractivity (Wildman–Crippen MR) is 72.5 cm³/mol. The van der Waals surface area contributed by atoms with Gasteiger partial charge in [-0.1, -0.05) is 24.3 Å². The summed E-state index contributed by atoms with van der Waals surface area (Å²) >= 11 is 0. The summed E-state index contributed by atoms with van der Waals surface area (Å²) in [5.41, 5.74) is 2.36. The molecule has 0 spiro atoms. The molecule has 0 heterocycles. The molecule has 3 nitrogen and oxygen atoms in total. The summed E-state index contributed by atoms with van der Waals surface area (Å²) in [7, 11) is 0. The van der Waals surface area contributed by atoms with Gasteiger partial charge in [0.05, 0.1) is 11.7 Å². The summed E-state index contributed by atoms with van der Waals surface area (Å²) in [6.45, 7) is 0. The van der Waals surface area contributed by atoms with Crippen molar-refractivity contribution in [3.63, 3.8) is 0 Å². The standard InChI is InChI=1S/C16H14O3/c17-16(18)13-3-1-11(2-4-13)12-5-7-14(8-6-12)19-15-9-10-15/h1-8,15H,9-10H2,(H,17,18). The summed E-state index contributed by atoms with van der Waals surface area (Å²) in [4.78, 5) is 10.8. The Morgan fingerprint density at radius 3 is 1.95 bits per heavy atom.